The molecule has 1 amide bonds. The minimum Gasteiger partial charge on any atom is -0.370 e. The molecule has 0 aliphatic rings. The lowest BCUT2D eigenvalue weighted by molar-refractivity contribution is 0.0953. The van der Waals surface area contributed by atoms with E-state index < -0.39 is 0 Å². The summed E-state index contributed by atoms with van der Waals surface area (Å²) in [6.07, 6.45) is 0.981. The monoisotopic (exact) mass is 285 g/mol. The van der Waals surface area contributed by atoms with Gasteiger partial charge in [-0.15, -0.1) is 0 Å². The first-order chi connectivity index (χ1) is 10.1. The SMILES string of the molecule is CCNc1cc(C(=O)NCCC(C)C)c2ccccc2n1. The number of nitrogens with one attached hydrogen (secondary N) is 2. The van der Waals surface area contributed by atoms with Crippen LogP contribution in [0.3, 0.4) is 0 Å². The molecule has 0 radical (unpaired) electrons. The van der Waals surface area contributed by atoms with E-state index in [1.54, 1.807) is 0 Å². The molecule has 4 heteroatoms. The molecule has 2 aromatic rings. The Morgan fingerprint density at radius 3 is 2.76 bits per heavy atom. The normalized spacial score (nSPS) is 10.9. The van der Waals surface area contributed by atoms with Crippen molar-refractivity contribution < 1.29 is 4.79 Å². The molecule has 1 aromatic carbocycles. The van der Waals surface area contributed by atoms with Crippen LogP contribution in [0.25, 0.3) is 10.9 Å². The van der Waals surface area contributed by atoms with Gasteiger partial charge in [0.15, 0.2) is 0 Å². The molecule has 0 spiro atoms. The number of hydrogen-bond acceptors (Lipinski definition) is 3. The van der Waals surface area contributed by atoms with Crippen LogP contribution in [-0.2, 0) is 0 Å². The van der Waals surface area contributed by atoms with Crippen molar-refractivity contribution in [1.82, 2.24) is 10.3 Å². The van der Waals surface area contributed by atoms with Crippen LogP contribution in [0.15, 0.2) is 30.3 Å². The summed E-state index contributed by atoms with van der Waals surface area (Å²) in [6, 6.07) is 9.57. The molecular weight excluding hydrogens is 262 g/mol. The van der Waals surface area contributed by atoms with Gasteiger partial charge < -0.3 is 10.6 Å². The van der Waals surface area contributed by atoms with Crippen LogP contribution in [0.5, 0.6) is 0 Å². The zero-order valence-corrected chi connectivity index (χ0v) is 12.9. The minimum atomic E-state index is -0.0339. The first kappa shape index (κ1) is 15.3. The molecule has 0 bridgehead atoms. The first-order valence-corrected chi connectivity index (χ1v) is 7.53. The van der Waals surface area contributed by atoms with Crippen LogP contribution in [0.2, 0.25) is 0 Å². The van der Waals surface area contributed by atoms with Crippen molar-refractivity contribution in [2.45, 2.75) is 27.2 Å². The van der Waals surface area contributed by atoms with Gasteiger partial charge in [-0.3, -0.25) is 4.79 Å². The fraction of sp³-hybridized carbons (Fsp3) is 0.412. The van der Waals surface area contributed by atoms with Crippen LogP contribution >= 0.6 is 0 Å². The Morgan fingerprint density at radius 2 is 2.05 bits per heavy atom. The van der Waals surface area contributed by atoms with Gasteiger partial charge in [0, 0.05) is 18.5 Å². The fourth-order valence-corrected chi connectivity index (χ4v) is 2.20. The molecule has 0 saturated heterocycles. The highest BCUT2D eigenvalue weighted by atomic mass is 16.1. The topological polar surface area (TPSA) is 54.0 Å². The molecule has 0 unspecified atom stereocenters. The summed E-state index contributed by atoms with van der Waals surface area (Å²) >= 11 is 0. The number of carbonyl (C=O) groups is 1. The van der Waals surface area contributed by atoms with Crippen LogP contribution in [0, 0.1) is 5.92 Å². The third-order valence-corrected chi connectivity index (χ3v) is 3.33. The van der Waals surface area contributed by atoms with Gasteiger partial charge in [0.05, 0.1) is 11.1 Å². The Kier molecular flexibility index (Phi) is 5.14. The summed E-state index contributed by atoms with van der Waals surface area (Å²) in [6.45, 7) is 7.79. The number of fused-ring (bicyclic) bond motifs is 1. The van der Waals surface area contributed by atoms with Crippen molar-refractivity contribution in [1.29, 1.82) is 0 Å². The first-order valence-electron chi connectivity index (χ1n) is 7.53. The van der Waals surface area contributed by atoms with Gasteiger partial charge in [-0.2, -0.15) is 0 Å². The van der Waals surface area contributed by atoms with Crippen LogP contribution in [0.1, 0.15) is 37.6 Å². The molecule has 112 valence electrons. The van der Waals surface area contributed by atoms with Crippen LogP contribution < -0.4 is 10.6 Å². The molecule has 4 nitrogen and oxygen atoms in total. The van der Waals surface area contributed by atoms with E-state index in [4.69, 9.17) is 0 Å². The van der Waals surface area contributed by atoms with E-state index in [2.05, 4.69) is 29.5 Å². The predicted molar refractivity (Wildman–Crippen MR) is 87.7 cm³/mol. The number of para-hydroxylation sites is 1. The largest absolute Gasteiger partial charge is 0.370 e. The smallest absolute Gasteiger partial charge is 0.252 e. The number of anilines is 1. The van der Waals surface area contributed by atoms with E-state index in [0.717, 1.165) is 29.7 Å². The molecule has 0 aliphatic heterocycles. The van der Waals surface area contributed by atoms with Crippen molar-refractivity contribution in [2.75, 3.05) is 18.4 Å². The van der Waals surface area contributed by atoms with Gasteiger partial charge in [-0.25, -0.2) is 4.98 Å². The van der Waals surface area contributed by atoms with Gasteiger partial charge in [-0.1, -0.05) is 32.0 Å². The lowest BCUT2D eigenvalue weighted by Crippen LogP contribution is -2.25. The Labute approximate surface area is 126 Å². The summed E-state index contributed by atoms with van der Waals surface area (Å²) in [7, 11) is 0. The second kappa shape index (κ2) is 7.07. The Morgan fingerprint density at radius 1 is 1.29 bits per heavy atom. The maximum absolute atomic E-state index is 12.4. The average molecular weight is 285 g/mol. The van der Waals surface area contributed by atoms with Crippen LogP contribution in [0.4, 0.5) is 5.82 Å². The summed E-state index contributed by atoms with van der Waals surface area (Å²) in [4.78, 5) is 17.0. The van der Waals surface area contributed by atoms with E-state index in [0.29, 0.717) is 18.0 Å². The minimum absolute atomic E-state index is 0.0339. The highest BCUT2D eigenvalue weighted by molar-refractivity contribution is 6.06. The Balaban J connectivity index is 2.29. The number of benzene rings is 1. The molecule has 1 aromatic heterocycles. The average Bonchev–Trinajstić information content (AvgIpc) is 2.46. The highest BCUT2D eigenvalue weighted by Gasteiger charge is 2.12. The second-order valence-electron chi connectivity index (χ2n) is 5.54. The Bertz CT molecular complexity index is 622. The second-order valence-corrected chi connectivity index (χ2v) is 5.54. The molecular formula is C17H23N3O. The van der Waals surface area contributed by atoms with Crippen molar-refractivity contribution in [2.24, 2.45) is 5.92 Å². The fourth-order valence-electron chi connectivity index (χ4n) is 2.20. The van der Waals surface area contributed by atoms with E-state index in [-0.39, 0.29) is 5.91 Å². The lowest BCUT2D eigenvalue weighted by atomic mass is 10.1. The lowest BCUT2D eigenvalue weighted by Gasteiger charge is -2.11. The summed E-state index contributed by atoms with van der Waals surface area (Å²) in [5.41, 5.74) is 1.52. The van der Waals surface area contributed by atoms with E-state index in [1.807, 2.05) is 37.3 Å². The van der Waals surface area contributed by atoms with Gasteiger partial charge in [0.25, 0.3) is 5.91 Å². The maximum Gasteiger partial charge on any atom is 0.252 e. The molecule has 0 aliphatic carbocycles. The number of aromatic nitrogens is 1. The Hall–Kier alpha value is -2.10. The maximum atomic E-state index is 12.4. The van der Waals surface area contributed by atoms with Gasteiger partial charge in [-0.05, 0) is 31.4 Å². The van der Waals surface area contributed by atoms with Crippen LogP contribution in [-0.4, -0.2) is 24.0 Å². The van der Waals surface area contributed by atoms with E-state index in [9.17, 15) is 4.79 Å². The molecule has 0 saturated carbocycles. The number of pyridine rings is 1. The zero-order valence-electron chi connectivity index (χ0n) is 12.9. The molecule has 0 atom stereocenters. The number of carbonyl (C=O) groups excluding carboxylic acids is 1. The molecule has 1 heterocycles. The number of amides is 1. The summed E-state index contributed by atoms with van der Waals surface area (Å²) < 4.78 is 0. The number of hydrogen-bond donors (Lipinski definition) is 2. The third kappa shape index (κ3) is 3.94. The highest BCUT2D eigenvalue weighted by Crippen LogP contribution is 2.20. The third-order valence-electron chi connectivity index (χ3n) is 3.33. The van der Waals surface area contributed by atoms with E-state index >= 15 is 0 Å². The number of nitrogens with zero attached hydrogens (tertiary/aromatic N) is 1. The zero-order chi connectivity index (χ0) is 15.2. The van der Waals surface area contributed by atoms with Gasteiger partial charge in [0.2, 0.25) is 0 Å². The van der Waals surface area contributed by atoms with Crippen molar-refractivity contribution in [3.8, 4) is 0 Å². The molecule has 2 N–H and O–H groups in total. The summed E-state index contributed by atoms with van der Waals surface area (Å²) in [5.74, 6) is 1.29. The standard InChI is InChI=1S/C17H23N3O/c1-4-18-16-11-14(17(21)19-10-9-12(2)3)13-7-5-6-8-15(13)20-16/h5-8,11-12H,4,9-10H2,1-3H3,(H,18,20)(H,19,21). The van der Waals surface area contributed by atoms with Crippen molar-refractivity contribution in [3.63, 3.8) is 0 Å². The van der Waals surface area contributed by atoms with Crippen molar-refractivity contribution in [3.05, 3.63) is 35.9 Å². The molecule has 21 heavy (non-hydrogen) atoms. The van der Waals surface area contributed by atoms with Gasteiger partial charge >= 0.3 is 0 Å². The summed E-state index contributed by atoms with van der Waals surface area (Å²) in [5, 5.41) is 7.07. The van der Waals surface area contributed by atoms with E-state index in [1.165, 1.54) is 0 Å². The molecule has 2 rings (SSSR count). The number of rotatable bonds is 6. The van der Waals surface area contributed by atoms with Crippen molar-refractivity contribution >= 4 is 22.6 Å². The predicted octanol–water partition coefficient (Wildman–Crippen LogP) is 3.44. The quantitative estimate of drug-likeness (QED) is 0.854. The molecule has 0 fully saturated rings. The van der Waals surface area contributed by atoms with Gasteiger partial charge in [0.1, 0.15) is 5.82 Å².